The first-order chi connectivity index (χ1) is 36.3. The van der Waals surface area contributed by atoms with Crippen molar-refractivity contribution in [3.05, 3.63) is 253 Å². The fraction of sp³-hybridized carbons (Fsp3) is 0.0857. The molecule has 15 rings (SSSR count). The summed E-state index contributed by atoms with van der Waals surface area (Å²) in [7, 11) is 0. The molecule has 0 bridgehead atoms. The minimum absolute atomic E-state index is 0.185. The highest BCUT2D eigenvalue weighted by molar-refractivity contribution is 6.16. The number of benzene rings is 10. The van der Waals surface area contributed by atoms with Gasteiger partial charge in [0, 0.05) is 60.2 Å². The lowest BCUT2D eigenvalue weighted by atomic mass is 9.80. The maximum absolute atomic E-state index is 5.40. The quantitative estimate of drug-likeness (QED) is 0.166. The first-order valence-corrected chi connectivity index (χ1v) is 25.8. The molecule has 2 aliphatic carbocycles. The second-order valence-electron chi connectivity index (χ2n) is 21.3. The van der Waals surface area contributed by atoms with Crippen LogP contribution in [-0.4, -0.2) is 19.1 Å². The Morgan fingerprint density at radius 2 is 0.730 bits per heavy atom. The van der Waals surface area contributed by atoms with Crippen LogP contribution in [0.2, 0.25) is 0 Å². The van der Waals surface area contributed by atoms with Crippen LogP contribution in [0.4, 0.5) is 0 Å². The summed E-state index contributed by atoms with van der Waals surface area (Å²) in [4.78, 5) is 10.8. The Labute approximate surface area is 430 Å². The van der Waals surface area contributed by atoms with E-state index in [1.54, 1.807) is 0 Å². The molecule has 0 N–H and O–H groups in total. The summed E-state index contributed by atoms with van der Waals surface area (Å²) in [5.74, 6) is 0.671. The molecular formula is C70H50N4. The van der Waals surface area contributed by atoms with Crippen LogP contribution in [-0.2, 0) is 10.8 Å². The maximum Gasteiger partial charge on any atom is 0.160 e. The van der Waals surface area contributed by atoms with E-state index in [4.69, 9.17) is 9.97 Å². The van der Waals surface area contributed by atoms with Gasteiger partial charge in [-0.25, -0.2) is 9.97 Å². The Morgan fingerprint density at radius 1 is 0.311 bits per heavy atom. The van der Waals surface area contributed by atoms with E-state index in [2.05, 4.69) is 267 Å². The van der Waals surface area contributed by atoms with E-state index in [1.807, 2.05) is 0 Å². The molecule has 4 heteroatoms. The minimum atomic E-state index is -0.218. The van der Waals surface area contributed by atoms with E-state index in [0.29, 0.717) is 5.82 Å². The molecule has 4 nitrogen and oxygen atoms in total. The maximum atomic E-state index is 5.40. The van der Waals surface area contributed by atoms with Crippen molar-refractivity contribution in [2.45, 2.75) is 38.5 Å². The van der Waals surface area contributed by atoms with Gasteiger partial charge in [0.25, 0.3) is 0 Å². The zero-order valence-electron chi connectivity index (χ0n) is 41.7. The van der Waals surface area contributed by atoms with E-state index in [9.17, 15) is 0 Å². The Bertz CT molecular complexity index is 4420. The molecule has 0 radical (unpaired) electrons. The molecule has 0 saturated heterocycles. The summed E-state index contributed by atoms with van der Waals surface area (Å²) < 4.78 is 5.05. The largest absolute Gasteiger partial charge is 0.309 e. The molecule has 350 valence electrons. The molecule has 3 heterocycles. The second-order valence-corrected chi connectivity index (χ2v) is 21.3. The fourth-order valence-electron chi connectivity index (χ4n) is 13.3. The molecule has 0 fully saturated rings. The van der Waals surface area contributed by atoms with Crippen LogP contribution in [0.25, 0.3) is 122 Å². The number of para-hydroxylation sites is 3. The first-order valence-electron chi connectivity index (χ1n) is 25.8. The molecule has 2 aliphatic rings. The van der Waals surface area contributed by atoms with Crippen LogP contribution in [0.3, 0.4) is 0 Å². The van der Waals surface area contributed by atoms with Gasteiger partial charge >= 0.3 is 0 Å². The third-order valence-electron chi connectivity index (χ3n) is 16.5. The van der Waals surface area contributed by atoms with Gasteiger partial charge in [0.05, 0.1) is 44.8 Å². The Hall–Kier alpha value is -9.12. The third-order valence-corrected chi connectivity index (χ3v) is 16.5. The van der Waals surface area contributed by atoms with Crippen LogP contribution in [0.1, 0.15) is 49.9 Å². The summed E-state index contributed by atoms with van der Waals surface area (Å²) in [5, 5.41) is 5.10. The standard InChI is InChI=1S/C70H50N4/c1-69(2)54-30-16-11-25-46(54)50-37-39-61-64(66(50)69)52-28-14-19-33-59(52)73(61)58-32-18-13-27-48(58)49-36-35-45(68-71-56(43-21-7-5-8-22-43)42-57(72-68)44-23-9-6-10-24-44)41-63(49)74-60-34-20-15-29-53(60)65-62(74)40-38-51-47-26-12-17-31-55(47)70(3,4)67(51)65/h5-42H,1-4H3. The van der Waals surface area contributed by atoms with Gasteiger partial charge in [-0.1, -0.05) is 216 Å². The summed E-state index contributed by atoms with van der Waals surface area (Å²) in [6, 6.07) is 84.4. The van der Waals surface area contributed by atoms with Gasteiger partial charge < -0.3 is 9.13 Å². The van der Waals surface area contributed by atoms with Gasteiger partial charge in [-0.05, 0) is 87.0 Å². The van der Waals surface area contributed by atoms with E-state index >= 15 is 0 Å². The number of rotatable bonds is 6. The van der Waals surface area contributed by atoms with Crippen LogP contribution >= 0.6 is 0 Å². The van der Waals surface area contributed by atoms with Crippen molar-refractivity contribution in [1.29, 1.82) is 0 Å². The minimum Gasteiger partial charge on any atom is -0.309 e. The van der Waals surface area contributed by atoms with E-state index in [-0.39, 0.29) is 10.8 Å². The number of hydrogen-bond acceptors (Lipinski definition) is 2. The van der Waals surface area contributed by atoms with E-state index in [1.165, 1.54) is 82.6 Å². The van der Waals surface area contributed by atoms with Crippen LogP contribution in [0, 0.1) is 0 Å². The van der Waals surface area contributed by atoms with Crippen molar-refractivity contribution >= 4 is 43.6 Å². The molecule has 0 saturated carbocycles. The van der Waals surface area contributed by atoms with Crippen molar-refractivity contribution in [1.82, 2.24) is 19.1 Å². The van der Waals surface area contributed by atoms with Crippen LogP contribution in [0.15, 0.2) is 231 Å². The monoisotopic (exact) mass is 946 g/mol. The SMILES string of the molecule is CC1(C)c2ccccc2-c2ccc3c(c21)c1ccccc1n3-c1ccccc1-c1ccc(-c2nc(-c3ccccc3)cc(-c3ccccc3)n2)cc1-n1c2ccccc2c2c3c(ccc21)-c1ccccc1C3(C)C. The lowest BCUT2D eigenvalue weighted by Crippen LogP contribution is -2.15. The molecule has 3 aromatic heterocycles. The van der Waals surface area contributed by atoms with E-state index < -0.39 is 0 Å². The highest BCUT2D eigenvalue weighted by Crippen LogP contribution is 2.56. The average Bonchev–Trinajstić information content (AvgIpc) is 4.16. The third kappa shape index (κ3) is 5.97. The zero-order chi connectivity index (χ0) is 49.5. The predicted octanol–water partition coefficient (Wildman–Crippen LogP) is 18.0. The predicted molar refractivity (Wildman–Crippen MR) is 308 cm³/mol. The van der Waals surface area contributed by atoms with Gasteiger partial charge in [0.15, 0.2) is 5.82 Å². The molecule has 13 aromatic rings. The summed E-state index contributed by atoms with van der Waals surface area (Å²) >= 11 is 0. The molecular weight excluding hydrogens is 897 g/mol. The lowest BCUT2D eigenvalue weighted by Gasteiger charge is -2.23. The molecule has 0 atom stereocenters. The van der Waals surface area contributed by atoms with Crippen molar-refractivity contribution in [3.63, 3.8) is 0 Å². The van der Waals surface area contributed by atoms with Crippen LogP contribution < -0.4 is 0 Å². The Balaban J connectivity index is 1.03. The van der Waals surface area contributed by atoms with Gasteiger partial charge in [-0.2, -0.15) is 0 Å². The topological polar surface area (TPSA) is 35.6 Å². The molecule has 0 unspecified atom stereocenters. The smallest absolute Gasteiger partial charge is 0.160 e. The summed E-state index contributed by atoms with van der Waals surface area (Å²) in [5.41, 5.74) is 24.3. The molecule has 0 amide bonds. The number of hydrogen-bond donors (Lipinski definition) is 0. The fourth-order valence-corrected chi connectivity index (χ4v) is 13.3. The van der Waals surface area contributed by atoms with E-state index in [0.717, 1.165) is 56.1 Å². The van der Waals surface area contributed by atoms with Crippen molar-refractivity contribution in [2.75, 3.05) is 0 Å². The van der Waals surface area contributed by atoms with Gasteiger partial charge in [-0.15, -0.1) is 0 Å². The Morgan fingerprint density at radius 3 is 1.27 bits per heavy atom. The second kappa shape index (κ2) is 15.7. The highest BCUT2D eigenvalue weighted by Gasteiger charge is 2.40. The van der Waals surface area contributed by atoms with Gasteiger partial charge in [0.2, 0.25) is 0 Å². The zero-order valence-corrected chi connectivity index (χ0v) is 41.7. The lowest BCUT2D eigenvalue weighted by molar-refractivity contribution is 0.666. The van der Waals surface area contributed by atoms with Crippen molar-refractivity contribution in [2.24, 2.45) is 0 Å². The number of aromatic nitrogens is 4. The Kier molecular flexibility index (Phi) is 9.02. The molecule has 0 aliphatic heterocycles. The number of fused-ring (bicyclic) bond motifs is 14. The number of nitrogens with zero attached hydrogens (tertiary/aromatic N) is 4. The highest BCUT2D eigenvalue weighted by atomic mass is 15.0. The first kappa shape index (κ1) is 42.6. The van der Waals surface area contributed by atoms with Gasteiger partial charge in [-0.3, -0.25) is 0 Å². The normalized spacial score (nSPS) is 13.9. The summed E-state index contributed by atoms with van der Waals surface area (Å²) in [6.45, 7) is 9.59. The van der Waals surface area contributed by atoms with Crippen LogP contribution in [0.5, 0.6) is 0 Å². The van der Waals surface area contributed by atoms with Crippen molar-refractivity contribution in [3.8, 4) is 78.7 Å². The van der Waals surface area contributed by atoms with Gasteiger partial charge in [0.1, 0.15) is 0 Å². The molecule has 74 heavy (non-hydrogen) atoms. The van der Waals surface area contributed by atoms with Crippen molar-refractivity contribution < 1.29 is 0 Å². The molecule has 10 aromatic carbocycles. The molecule has 0 spiro atoms. The summed E-state index contributed by atoms with van der Waals surface area (Å²) in [6.07, 6.45) is 0. The average molecular weight is 947 g/mol.